The van der Waals surface area contributed by atoms with Gasteiger partial charge in [-0.05, 0) is 44.9 Å². The molecule has 0 radical (unpaired) electrons. The molecule has 0 bridgehead atoms. The van der Waals surface area contributed by atoms with Crippen molar-refractivity contribution in [1.29, 1.82) is 5.26 Å². The van der Waals surface area contributed by atoms with Crippen LogP contribution in [-0.4, -0.2) is 17.3 Å². The molecule has 104 valence electrons. The number of hydrogen-bond donors (Lipinski definition) is 1. The molecule has 3 heteroatoms. The molecular weight excluding hydrogens is 252 g/mol. The number of nitrogens with zero attached hydrogens (tertiary/aromatic N) is 1. The Balaban J connectivity index is 2.61. The van der Waals surface area contributed by atoms with E-state index in [4.69, 9.17) is 0 Å². The summed E-state index contributed by atoms with van der Waals surface area (Å²) in [6.45, 7) is 9.34. The zero-order valence-electron chi connectivity index (χ0n) is 12.4. The number of aryl methyl sites for hydroxylation is 1. The van der Waals surface area contributed by atoms with Gasteiger partial charge in [-0.25, -0.2) is 0 Å². The van der Waals surface area contributed by atoms with E-state index in [1.54, 1.807) is 0 Å². The van der Waals surface area contributed by atoms with Crippen molar-refractivity contribution in [3.8, 4) is 6.07 Å². The monoisotopic (exact) mass is 276 g/mol. The predicted octanol–water partition coefficient (Wildman–Crippen LogP) is 4.15. The largest absolute Gasteiger partial charge is 0.300 e. The fourth-order valence-corrected chi connectivity index (χ4v) is 3.34. The molecule has 1 rings (SSSR count). The quantitative estimate of drug-likeness (QED) is 0.760. The van der Waals surface area contributed by atoms with Crippen LogP contribution >= 0.6 is 11.8 Å². The number of nitrogens with one attached hydrogen (secondary N) is 1. The maximum atomic E-state index is 9.36. The third kappa shape index (κ3) is 5.26. The predicted molar refractivity (Wildman–Crippen MR) is 83.4 cm³/mol. The van der Waals surface area contributed by atoms with Crippen LogP contribution in [0.1, 0.15) is 39.2 Å². The molecule has 0 aliphatic heterocycles. The molecule has 0 amide bonds. The highest BCUT2D eigenvalue weighted by atomic mass is 32.2. The molecule has 2 unspecified atom stereocenters. The van der Waals surface area contributed by atoms with E-state index in [1.165, 1.54) is 10.5 Å². The van der Waals surface area contributed by atoms with E-state index in [0.717, 1.165) is 19.4 Å². The van der Waals surface area contributed by atoms with Gasteiger partial charge < -0.3 is 0 Å². The lowest BCUT2D eigenvalue weighted by Gasteiger charge is -2.26. The summed E-state index contributed by atoms with van der Waals surface area (Å²) < 4.78 is 0. The summed E-state index contributed by atoms with van der Waals surface area (Å²) in [5.41, 5.74) is 0.880. The molecule has 0 aromatic heterocycles. The first kappa shape index (κ1) is 16.1. The van der Waals surface area contributed by atoms with Crippen LogP contribution in [0.2, 0.25) is 0 Å². The number of hydrogen-bond acceptors (Lipinski definition) is 3. The minimum absolute atomic E-state index is 0.412. The first-order chi connectivity index (χ1) is 9.00. The van der Waals surface area contributed by atoms with Crippen LogP contribution in [0.3, 0.4) is 0 Å². The molecule has 0 aliphatic rings. The van der Waals surface area contributed by atoms with Gasteiger partial charge in [0.2, 0.25) is 0 Å². The summed E-state index contributed by atoms with van der Waals surface area (Å²) in [6, 6.07) is 10.8. The van der Waals surface area contributed by atoms with Gasteiger partial charge in [-0.2, -0.15) is 5.26 Å². The smallest absolute Gasteiger partial charge is 0.104 e. The third-order valence-electron chi connectivity index (χ3n) is 3.13. The van der Waals surface area contributed by atoms with Gasteiger partial charge in [-0.3, -0.25) is 5.32 Å². The second-order valence-electron chi connectivity index (χ2n) is 5.27. The first-order valence-corrected chi connectivity index (χ1v) is 7.77. The molecule has 2 atom stereocenters. The van der Waals surface area contributed by atoms with Crippen molar-refractivity contribution >= 4 is 11.8 Å². The van der Waals surface area contributed by atoms with Crippen molar-refractivity contribution in [2.45, 2.75) is 56.2 Å². The average molecular weight is 276 g/mol. The Morgan fingerprint density at radius 2 is 2.11 bits per heavy atom. The second-order valence-corrected chi connectivity index (χ2v) is 6.75. The SMILES string of the molecule is CCCNC(C)(C#N)CC(C)Sc1ccccc1C. The minimum Gasteiger partial charge on any atom is -0.300 e. The lowest BCUT2D eigenvalue weighted by Crippen LogP contribution is -2.43. The Kier molecular flexibility index (Phi) is 6.41. The fraction of sp³-hybridized carbons (Fsp3) is 0.562. The summed E-state index contributed by atoms with van der Waals surface area (Å²) >= 11 is 1.85. The second kappa shape index (κ2) is 7.57. The number of benzene rings is 1. The fourth-order valence-electron chi connectivity index (χ4n) is 2.08. The molecule has 19 heavy (non-hydrogen) atoms. The summed E-state index contributed by atoms with van der Waals surface area (Å²) in [7, 11) is 0. The van der Waals surface area contributed by atoms with Crippen LogP contribution in [0.5, 0.6) is 0 Å². The third-order valence-corrected chi connectivity index (χ3v) is 4.41. The van der Waals surface area contributed by atoms with Gasteiger partial charge in [0.15, 0.2) is 0 Å². The maximum absolute atomic E-state index is 9.36. The Morgan fingerprint density at radius 3 is 2.68 bits per heavy atom. The van der Waals surface area contributed by atoms with E-state index in [-0.39, 0.29) is 0 Å². The van der Waals surface area contributed by atoms with E-state index < -0.39 is 5.54 Å². The van der Waals surface area contributed by atoms with Crippen molar-refractivity contribution in [3.05, 3.63) is 29.8 Å². The van der Waals surface area contributed by atoms with Crippen molar-refractivity contribution in [1.82, 2.24) is 5.32 Å². The Labute approximate surface area is 121 Å². The summed E-state index contributed by atoms with van der Waals surface area (Å²) in [6.07, 6.45) is 1.90. The lowest BCUT2D eigenvalue weighted by atomic mass is 9.98. The molecule has 0 heterocycles. The first-order valence-electron chi connectivity index (χ1n) is 6.89. The molecule has 1 aromatic rings. The van der Waals surface area contributed by atoms with Crippen molar-refractivity contribution < 1.29 is 0 Å². The van der Waals surface area contributed by atoms with E-state index in [1.807, 2.05) is 18.7 Å². The van der Waals surface area contributed by atoms with Gasteiger partial charge in [-0.15, -0.1) is 11.8 Å². The lowest BCUT2D eigenvalue weighted by molar-refractivity contribution is 0.418. The van der Waals surface area contributed by atoms with Crippen LogP contribution in [-0.2, 0) is 0 Å². The Hall–Kier alpha value is -0.980. The Bertz CT molecular complexity index is 439. The van der Waals surface area contributed by atoms with Crippen LogP contribution in [0.15, 0.2) is 29.2 Å². The van der Waals surface area contributed by atoms with Gasteiger partial charge in [0.25, 0.3) is 0 Å². The van der Waals surface area contributed by atoms with Crippen molar-refractivity contribution in [2.75, 3.05) is 6.54 Å². The molecule has 2 nitrogen and oxygen atoms in total. The molecule has 0 saturated carbocycles. The molecular formula is C16H24N2S. The Morgan fingerprint density at radius 1 is 1.42 bits per heavy atom. The minimum atomic E-state index is -0.425. The van der Waals surface area contributed by atoms with Gasteiger partial charge >= 0.3 is 0 Å². The number of thioether (sulfide) groups is 1. The highest BCUT2D eigenvalue weighted by Crippen LogP contribution is 2.30. The number of nitriles is 1. The van der Waals surface area contributed by atoms with Gasteiger partial charge in [0, 0.05) is 10.1 Å². The van der Waals surface area contributed by atoms with Crippen LogP contribution < -0.4 is 5.32 Å². The zero-order chi connectivity index (χ0) is 14.3. The highest BCUT2D eigenvalue weighted by Gasteiger charge is 2.25. The van der Waals surface area contributed by atoms with Crippen LogP contribution in [0, 0.1) is 18.3 Å². The van der Waals surface area contributed by atoms with E-state index in [9.17, 15) is 5.26 Å². The molecule has 0 saturated heterocycles. The van der Waals surface area contributed by atoms with Gasteiger partial charge in [0.05, 0.1) is 6.07 Å². The van der Waals surface area contributed by atoms with Gasteiger partial charge in [-0.1, -0.05) is 32.0 Å². The topological polar surface area (TPSA) is 35.8 Å². The zero-order valence-corrected chi connectivity index (χ0v) is 13.2. The summed E-state index contributed by atoms with van der Waals surface area (Å²) in [5.74, 6) is 0. The molecule has 0 spiro atoms. The van der Waals surface area contributed by atoms with Crippen molar-refractivity contribution in [2.24, 2.45) is 0 Å². The normalized spacial score (nSPS) is 15.5. The molecule has 0 aliphatic carbocycles. The molecule has 0 fully saturated rings. The molecule has 1 N–H and O–H groups in total. The number of rotatable bonds is 7. The summed E-state index contributed by atoms with van der Waals surface area (Å²) in [5, 5.41) is 13.1. The standard InChI is InChI=1S/C16H24N2S/c1-5-10-18-16(4,12-17)11-14(3)19-15-9-7-6-8-13(15)2/h6-9,14,18H,5,10-11H2,1-4H3. The van der Waals surface area contributed by atoms with Crippen LogP contribution in [0.4, 0.5) is 0 Å². The average Bonchev–Trinajstić information content (AvgIpc) is 2.39. The highest BCUT2D eigenvalue weighted by molar-refractivity contribution is 8.00. The van der Waals surface area contributed by atoms with Crippen LogP contribution in [0.25, 0.3) is 0 Å². The van der Waals surface area contributed by atoms with Gasteiger partial charge in [0.1, 0.15) is 5.54 Å². The van der Waals surface area contributed by atoms with E-state index >= 15 is 0 Å². The van der Waals surface area contributed by atoms with Crippen molar-refractivity contribution in [3.63, 3.8) is 0 Å². The van der Waals surface area contributed by atoms with E-state index in [2.05, 4.69) is 56.4 Å². The molecule has 1 aromatic carbocycles. The van der Waals surface area contributed by atoms with E-state index in [0.29, 0.717) is 5.25 Å². The maximum Gasteiger partial charge on any atom is 0.104 e. The summed E-state index contributed by atoms with van der Waals surface area (Å²) in [4.78, 5) is 1.31.